The molecule has 1 N–H and O–H groups in total. The van der Waals surface area contributed by atoms with E-state index in [2.05, 4.69) is 18.3 Å². The van der Waals surface area contributed by atoms with Gasteiger partial charge in [0.1, 0.15) is 0 Å². The van der Waals surface area contributed by atoms with Gasteiger partial charge in [-0.1, -0.05) is 67.9 Å². The Kier molecular flexibility index (Phi) is 4.50. The highest BCUT2D eigenvalue weighted by Crippen LogP contribution is 2.36. The highest BCUT2D eigenvalue weighted by molar-refractivity contribution is 6.16. The third-order valence-electron chi connectivity index (χ3n) is 4.09. The van der Waals surface area contributed by atoms with Gasteiger partial charge in [0.25, 0.3) is 0 Å². The van der Waals surface area contributed by atoms with Gasteiger partial charge in [0, 0.05) is 11.1 Å². The number of Topliss-reactive ketones (excluding diaryl/α,β-unsaturated/α-hetero) is 1. The summed E-state index contributed by atoms with van der Waals surface area (Å²) in [6.45, 7) is 3.10. The van der Waals surface area contributed by atoms with E-state index in [0.29, 0.717) is 0 Å². The molecule has 112 valence electrons. The molecule has 1 atom stereocenters. The largest absolute Gasteiger partial charge is 0.306 e. The Hall–Kier alpha value is -2.19. The van der Waals surface area contributed by atoms with Gasteiger partial charge in [0.05, 0.1) is 6.04 Å². The summed E-state index contributed by atoms with van der Waals surface area (Å²) in [4.78, 5) is 12.7. The summed E-state index contributed by atoms with van der Waals surface area (Å²) in [6, 6.07) is 18.0. The van der Waals surface area contributed by atoms with Gasteiger partial charge in [-0.3, -0.25) is 4.79 Å². The van der Waals surface area contributed by atoms with Crippen molar-refractivity contribution >= 4 is 11.9 Å². The number of unbranched alkanes of at least 4 members (excludes halogenated alkanes) is 1. The molecule has 0 heterocycles. The van der Waals surface area contributed by atoms with Crippen molar-refractivity contribution in [2.75, 3.05) is 6.54 Å². The van der Waals surface area contributed by atoms with E-state index in [1.54, 1.807) is 0 Å². The van der Waals surface area contributed by atoms with Crippen LogP contribution in [-0.4, -0.2) is 12.3 Å². The topological polar surface area (TPSA) is 29.1 Å². The number of nitrogens with one attached hydrogen (secondary N) is 1. The quantitative estimate of drug-likeness (QED) is 0.653. The molecule has 2 aromatic rings. The van der Waals surface area contributed by atoms with Crippen LogP contribution >= 0.6 is 0 Å². The predicted molar refractivity (Wildman–Crippen MR) is 90.8 cm³/mol. The van der Waals surface area contributed by atoms with Crippen molar-refractivity contribution in [3.05, 3.63) is 76.9 Å². The highest BCUT2D eigenvalue weighted by Gasteiger charge is 2.33. The smallest absolute Gasteiger partial charge is 0.191 e. The fourth-order valence-electron chi connectivity index (χ4n) is 2.93. The first-order valence-corrected chi connectivity index (χ1v) is 7.95. The molecule has 0 amide bonds. The second-order valence-corrected chi connectivity index (χ2v) is 5.67. The molecule has 0 bridgehead atoms. The fraction of sp³-hybridized carbons (Fsp3) is 0.250. The zero-order chi connectivity index (χ0) is 15.4. The molecule has 0 fully saturated rings. The standard InChI is InChI=1S/C20H21NO/c1-2-3-13-21-19-16-11-7-8-12-17(16)20(22)18(19)14-15-9-5-4-6-10-15/h4-12,14,19,21H,2-3,13H2,1H3/b18-14+. The van der Waals surface area contributed by atoms with Gasteiger partial charge in [0.2, 0.25) is 0 Å². The minimum absolute atomic E-state index is 0.00968. The van der Waals surface area contributed by atoms with Crippen molar-refractivity contribution in [1.29, 1.82) is 0 Å². The number of carbonyl (C=O) groups is 1. The Morgan fingerprint density at radius 1 is 1.05 bits per heavy atom. The van der Waals surface area contributed by atoms with Gasteiger partial charge in [0.15, 0.2) is 5.78 Å². The molecular formula is C20H21NO. The average molecular weight is 291 g/mol. The molecule has 2 heteroatoms. The van der Waals surface area contributed by atoms with Gasteiger partial charge in [-0.25, -0.2) is 0 Å². The lowest BCUT2D eigenvalue weighted by Gasteiger charge is -2.15. The molecule has 1 unspecified atom stereocenters. The Bertz CT molecular complexity index is 688. The molecule has 2 aromatic carbocycles. The molecule has 1 aliphatic rings. The average Bonchev–Trinajstić information content (AvgIpc) is 2.82. The normalized spacial score (nSPS) is 18.7. The minimum Gasteiger partial charge on any atom is -0.306 e. The minimum atomic E-state index is 0.00968. The van der Waals surface area contributed by atoms with Crippen LogP contribution in [0.15, 0.2) is 60.2 Å². The Balaban J connectivity index is 1.97. The Labute approximate surface area is 131 Å². The molecular weight excluding hydrogens is 270 g/mol. The van der Waals surface area contributed by atoms with E-state index in [1.165, 1.54) is 0 Å². The first-order valence-electron chi connectivity index (χ1n) is 7.95. The molecule has 0 saturated heterocycles. The lowest BCUT2D eigenvalue weighted by Crippen LogP contribution is -2.22. The van der Waals surface area contributed by atoms with Crippen LogP contribution in [0.1, 0.15) is 47.3 Å². The van der Waals surface area contributed by atoms with Gasteiger partial charge >= 0.3 is 0 Å². The SMILES string of the molecule is CCCCNC1/C(=C\c2ccccc2)C(=O)c2ccccc21. The summed E-state index contributed by atoms with van der Waals surface area (Å²) in [6.07, 6.45) is 4.28. The molecule has 0 aliphatic heterocycles. The Morgan fingerprint density at radius 2 is 1.77 bits per heavy atom. The number of carbonyl (C=O) groups excluding carboxylic acids is 1. The predicted octanol–water partition coefficient (Wildman–Crippen LogP) is 4.40. The van der Waals surface area contributed by atoms with Crippen molar-refractivity contribution < 1.29 is 4.79 Å². The van der Waals surface area contributed by atoms with Crippen LogP contribution in [0, 0.1) is 0 Å². The summed E-state index contributed by atoms with van der Waals surface area (Å²) in [5.41, 5.74) is 3.86. The number of rotatable bonds is 5. The second kappa shape index (κ2) is 6.71. The van der Waals surface area contributed by atoms with Gasteiger partial charge in [-0.15, -0.1) is 0 Å². The lowest BCUT2D eigenvalue weighted by atomic mass is 10.0. The summed E-state index contributed by atoms with van der Waals surface area (Å²) in [7, 11) is 0. The summed E-state index contributed by atoms with van der Waals surface area (Å²) in [5.74, 6) is 0.147. The summed E-state index contributed by atoms with van der Waals surface area (Å²) in [5, 5.41) is 3.55. The lowest BCUT2D eigenvalue weighted by molar-refractivity contribution is 0.103. The van der Waals surface area contributed by atoms with Gasteiger partial charge < -0.3 is 5.32 Å². The van der Waals surface area contributed by atoms with E-state index < -0.39 is 0 Å². The third-order valence-corrected chi connectivity index (χ3v) is 4.09. The maximum Gasteiger partial charge on any atom is 0.191 e. The van der Waals surface area contributed by atoms with Crippen molar-refractivity contribution in [2.45, 2.75) is 25.8 Å². The fourth-order valence-corrected chi connectivity index (χ4v) is 2.93. The second-order valence-electron chi connectivity index (χ2n) is 5.67. The number of ketones is 1. The summed E-state index contributed by atoms with van der Waals surface area (Å²) >= 11 is 0. The van der Waals surface area contributed by atoms with Crippen LogP contribution in [0.5, 0.6) is 0 Å². The first kappa shape index (κ1) is 14.7. The molecule has 0 spiro atoms. The van der Waals surface area contributed by atoms with Crippen LogP contribution < -0.4 is 5.32 Å². The number of hydrogen-bond donors (Lipinski definition) is 1. The molecule has 1 aliphatic carbocycles. The maximum absolute atomic E-state index is 12.7. The van der Waals surface area contributed by atoms with Gasteiger partial charge in [-0.2, -0.15) is 0 Å². The Morgan fingerprint density at radius 3 is 2.55 bits per heavy atom. The summed E-state index contributed by atoms with van der Waals surface area (Å²) < 4.78 is 0. The molecule has 3 rings (SSSR count). The number of hydrogen-bond acceptors (Lipinski definition) is 2. The third kappa shape index (κ3) is 2.88. The maximum atomic E-state index is 12.7. The molecule has 22 heavy (non-hydrogen) atoms. The van der Waals surface area contributed by atoms with Crippen LogP contribution in [0.25, 0.3) is 6.08 Å². The van der Waals surface area contributed by atoms with Gasteiger partial charge in [-0.05, 0) is 30.2 Å². The van der Waals surface area contributed by atoms with E-state index in [9.17, 15) is 4.79 Å². The monoisotopic (exact) mass is 291 g/mol. The zero-order valence-corrected chi connectivity index (χ0v) is 12.9. The number of benzene rings is 2. The van der Waals surface area contributed by atoms with E-state index in [1.807, 2.05) is 54.6 Å². The van der Waals surface area contributed by atoms with Crippen molar-refractivity contribution in [2.24, 2.45) is 0 Å². The molecule has 0 radical (unpaired) electrons. The van der Waals surface area contributed by atoms with Crippen molar-refractivity contribution in [3.63, 3.8) is 0 Å². The van der Waals surface area contributed by atoms with Crippen molar-refractivity contribution in [1.82, 2.24) is 5.32 Å². The van der Waals surface area contributed by atoms with Crippen LogP contribution in [0.4, 0.5) is 0 Å². The molecule has 0 saturated carbocycles. The first-order chi connectivity index (χ1) is 10.8. The van der Waals surface area contributed by atoms with E-state index in [-0.39, 0.29) is 11.8 Å². The van der Waals surface area contributed by atoms with E-state index in [0.717, 1.165) is 41.6 Å². The van der Waals surface area contributed by atoms with Crippen LogP contribution in [-0.2, 0) is 0 Å². The zero-order valence-electron chi connectivity index (χ0n) is 12.9. The highest BCUT2D eigenvalue weighted by atomic mass is 16.1. The van der Waals surface area contributed by atoms with E-state index in [4.69, 9.17) is 0 Å². The van der Waals surface area contributed by atoms with Crippen molar-refractivity contribution in [3.8, 4) is 0 Å². The van der Waals surface area contributed by atoms with E-state index >= 15 is 0 Å². The molecule has 2 nitrogen and oxygen atoms in total. The number of fused-ring (bicyclic) bond motifs is 1. The van der Waals surface area contributed by atoms with Crippen LogP contribution in [0.2, 0.25) is 0 Å². The molecule has 0 aromatic heterocycles. The van der Waals surface area contributed by atoms with Crippen LogP contribution in [0.3, 0.4) is 0 Å².